The fourth-order valence-corrected chi connectivity index (χ4v) is 3.34. The summed E-state index contributed by atoms with van der Waals surface area (Å²) in [7, 11) is 0. The van der Waals surface area contributed by atoms with Gasteiger partial charge in [-0.25, -0.2) is 0 Å². The second-order valence-electron chi connectivity index (χ2n) is 4.92. The summed E-state index contributed by atoms with van der Waals surface area (Å²) in [5.74, 6) is 5.50. The summed E-state index contributed by atoms with van der Waals surface area (Å²) in [6.07, 6.45) is 5.93. The first-order valence-corrected chi connectivity index (χ1v) is 5.79. The first-order chi connectivity index (χ1) is 5.79. The van der Waals surface area contributed by atoms with Crippen molar-refractivity contribution in [1.29, 1.82) is 0 Å². The molecule has 0 aromatic rings. The van der Waals surface area contributed by atoms with Crippen LogP contribution in [0.15, 0.2) is 0 Å². The van der Waals surface area contributed by atoms with E-state index in [4.69, 9.17) is 0 Å². The molecule has 2 rings (SSSR count). The van der Waals surface area contributed by atoms with Crippen LogP contribution in [0.3, 0.4) is 0 Å². The van der Waals surface area contributed by atoms with E-state index in [1.54, 1.807) is 0 Å². The van der Waals surface area contributed by atoms with Crippen molar-refractivity contribution in [2.24, 2.45) is 29.6 Å². The van der Waals surface area contributed by atoms with Gasteiger partial charge in [-0.3, -0.25) is 0 Å². The lowest BCUT2D eigenvalue weighted by Crippen LogP contribution is -2.02. The Labute approximate surface area is 76.7 Å². The van der Waals surface area contributed by atoms with E-state index >= 15 is 0 Å². The summed E-state index contributed by atoms with van der Waals surface area (Å²) in [6.45, 7) is 7.24. The Hall–Kier alpha value is 0. The van der Waals surface area contributed by atoms with E-state index in [-0.39, 0.29) is 0 Å². The Kier molecular flexibility index (Phi) is 2.18. The normalized spacial score (nSPS) is 42.8. The van der Waals surface area contributed by atoms with Crippen molar-refractivity contribution in [3.63, 3.8) is 0 Å². The Bertz CT molecular complexity index is 147. The molecule has 0 amide bonds. The maximum Gasteiger partial charge on any atom is -0.0324 e. The molecule has 0 aliphatic heterocycles. The molecule has 0 heterocycles. The maximum atomic E-state index is 2.50. The van der Waals surface area contributed by atoms with Gasteiger partial charge >= 0.3 is 0 Å². The largest absolute Gasteiger partial charge is 0.0651 e. The van der Waals surface area contributed by atoms with Gasteiger partial charge in [-0.05, 0) is 42.4 Å². The van der Waals surface area contributed by atoms with Crippen LogP contribution in [0.5, 0.6) is 0 Å². The van der Waals surface area contributed by atoms with Gasteiger partial charge in [0, 0.05) is 0 Å². The Balaban J connectivity index is 1.87. The average Bonchev–Trinajstić information content (AvgIpc) is 2.96. The van der Waals surface area contributed by atoms with E-state index in [1.165, 1.54) is 25.7 Å². The molecule has 70 valence electrons. The molecule has 0 heteroatoms. The van der Waals surface area contributed by atoms with E-state index in [2.05, 4.69) is 20.8 Å². The SMILES string of the molecule is CCC1C(CC)C1C(C)C1CC1. The first kappa shape index (κ1) is 8.59. The molecule has 3 atom stereocenters. The molecule has 0 saturated heterocycles. The lowest BCUT2D eigenvalue weighted by Gasteiger charge is -2.08. The summed E-state index contributed by atoms with van der Waals surface area (Å²) in [4.78, 5) is 0. The van der Waals surface area contributed by atoms with Gasteiger partial charge in [0.15, 0.2) is 0 Å². The van der Waals surface area contributed by atoms with Crippen molar-refractivity contribution in [3.8, 4) is 0 Å². The van der Waals surface area contributed by atoms with Gasteiger partial charge in [-0.2, -0.15) is 0 Å². The molecular weight excluding hydrogens is 144 g/mol. The van der Waals surface area contributed by atoms with Crippen LogP contribution in [0, 0.1) is 29.6 Å². The third kappa shape index (κ3) is 1.30. The van der Waals surface area contributed by atoms with Crippen LogP contribution < -0.4 is 0 Å². The number of hydrogen-bond acceptors (Lipinski definition) is 0. The van der Waals surface area contributed by atoms with Gasteiger partial charge in [0.1, 0.15) is 0 Å². The van der Waals surface area contributed by atoms with Gasteiger partial charge in [0.2, 0.25) is 0 Å². The molecule has 0 aromatic carbocycles. The van der Waals surface area contributed by atoms with E-state index in [0.29, 0.717) is 0 Å². The van der Waals surface area contributed by atoms with Gasteiger partial charge in [-0.1, -0.05) is 33.6 Å². The number of rotatable bonds is 4. The second-order valence-corrected chi connectivity index (χ2v) is 4.92. The first-order valence-electron chi connectivity index (χ1n) is 5.79. The standard InChI is InChI=1S/C12H22/c1-4-10-11(5-2)12(10)8(3)9-6-7-9/h8-12H,4-7H2,1-3H3. The lowest BCUT2D eigenvalue weighted by atomic mass is 9.97. The van der Waals surface area contributed by atoms with Crippen molar-refractivity contribution in [2.45, 2.75) is 46.5 Å². The molecule has 3 unspecified atom stereocenters. The Morgan fingerprint density at radius 2 is 1.58 bits per heavy atom. The molecule has 0 bridgehead atoms. The van der Waals surface area contributed by atoms with Crippen LogP contribution in [0.4, 0.5) is 0 Å². The minimum atomic E-state index is 1.06. The van der Waals surface area contributed by atoms with Crippen molar-refractivity contribution in [1.82, 2.24) is 0 Å². The zero-order valence-corrected chi connectivity index (χ0v) is 8.72. The van der Waals surface area contributed by atoms with Gasteiger partial charge in [0.05, 0.1) is 0 Å². The fourth-order valence-electron chi connectivity index (χ4n) is 3.34. The predicted molar refractivity (Wildman–Crippen MR) is 52.9 cm³/mol. The molecule has 2 aliphatic rings. The fraction of sp³-hybridized carbons (Fsp3) is 1.00. The zero-order valence-electron chi connectivity index (χ0n) is 8.72. The quantitative estimate of drug-likeness (QED) is 0.597. The highest BCUT2D eigenvalue weighted by Crippen LogP contribution is 2.59. The van der Waals surface area contributed by atoms with E-state index in [9.17, 15) is 0 Å². The summed E-state index contributed by atoms with van der Waals surface area (Å²) in [6, 6.07) is 0. The Morgan fingerprint density at radius 1 is 1.08 bits per heavy atom. The van der Waals surface area contributed by atoms with Crippen molar-refractivity contribution >= 4 is 0 Å². The van der Waals surface area contributed by atoms with Crippen molar-refractivity contribution in [3.05, 3.63) is 0 Å². The lowest BCUT2D eigenvalue weighted by molar-refractivity contribution is 0.404. The summed E-state index contributed by atoms with van der Waals surface area (Å²) >= 11 is 0. The zero-order chi connectivity index (χ0) is 8.72. The average molecular weight is 166 g/mol. The topological polar surface area (TPSA) is 0 Å². The van der Waals surface area contributed by atoms with E-state index < -0.39 is 0 Å². The molecule has 2 aliphatic carbocycles. The monoisotopic (exact) mass is 166 g/mol. The highest BCUT2D eigenvalue weighted by molar-refractivity contribution is 5.01. The molecule has 2 saturated carbocycles. The van der Waals surface area contributed by atoms with Gasteiger partial charge in [-0.15, -0.1) is 0 Å². The third-order valence-electron chi connectivity index (χ3n) is 4.31. The van der Waals surface area contributed by atoms with Gasteiger partial charge < -0.3 is 0 Å². The Morgan fingerprint density at radius 3 is 1.92 bits per heavy atom. The van der Waals surface area contributed by atoms with Crippen LogP contribution in [-0.4, -0.2) is 0 Å². The highest BCUT2D eigenvalue weighted by atomic mass is 14.6. The maximum absolute atomic E-state index is 2.50. The molecule has 0 nitrogen and oxygen atoms in total. The second kappa shape index (κ2) is 3.05. The molecule has 0 N–H and O–H groups in total. The summed E-state index contributed by atoms with van der Waals surface area (Å²) in [5, 5.41) is 0. The number of hydrogen-bond donors (Lipinski definition) is 0. The summed E-state index contributed by atoms with van der Waals surface area (Å²) in [5.41, 5.74) is 0. The molecule has 12 heavy (non-hydrogen) atoms. The van der Waals surface area contributed by atoms with E-state index in [0.717, 1.165) is 29.6 Å². The van der Waals surface area contributed by atoms with Crippen LogP contribution in [0.25, 0.3) is 0 Å². The van der Waals surface area contributed by atoms with Crippen molar-refractivity contribution in [2.75, 3.05) is 0 Å². The highest BCUT2D eigenvalue weighted by Gasteiger charge is 2.52. The van der Waals surface area contributed by atoms with Crippen molar-refractivity contribution < 1.29 is 0 Å². The summed E-state index contributed by atoms with van der Waals surface area (Å²) < 4.78 is 0. The molecular formula is C12H22. The van der Waals surface area contributed by atoms with Crippen LogP contribution in [0.1, 0.15) is 46.5 Å². The minimum absolute atomic E-state index is 1.06. The smallest absolute Gasteiger partial charge is 0.0324 e. The van der Waals surface area contributed by atoms with Crippen LogP contribution >= 0.6 is 0 Å². The van der Waals surface area contributed by atoms with Crippen LogP contribution in [-0.2, 0) is 0 Å². The van der Waals surface area contributed by atoms with E-state index in [1.807, 2.05) is 0 Å². The molecule has 2 fully saturated rings. The predicted octanol–water partition coefficient (Wildman–Crippen LogP) is 3.71. The van der Waals surface area contributed by atoms with Gasteiger partial charge in [0.25, 0.3) is 0 Å². The molecule has 0 aromatic heterocycles. The molecule has 0 spiro atoms. The van der Waals surface area contributed by atoms with Crippen LogP contribution in [0.2, 0.25) is 0 Å². The molecule has 0 radical (unpaired) electrons. The minimum Gasteiger partial charge on any atom is -0.0651 e. The third-order valence-corrected chi connectivity index (χ3v) is 4.31.